The van der Waals surface area contributed by atoms with Crippen molar-refractivity contribution >= 4 is 5.78 Å². The first-order valence-electron chi connectivity index (χ1n) is 6.10. The summed E-state index contributed by atoms with van der Waals surface area (Å²) in [5.74, 6) is 1.57. The molecule has 0 aliphatic rings. The SMILES string of the molecule is COc1c(C)cc(C)cc1C(C)CCC(C)=O. The number of Topliss-reactive ketones (excluding diaryl/α,β-unsaturated/α-hetero) is 1. The Labute approximate surface area is 104 Å². The molecule has 0 aromatic heterocycles. The van der Waals surface area contributed by atoms with E-state index in [9.17, 15) is 4.79 Å². The smallest absolute Gasteiger partial charge is 0.129 e. The van der Waals surface area contributed by atoms with Crippen LogP contribution < -0.4 is 4.74 Å². The number of rotatable bonds is 5. The summed E-state index contributed by atoms with van der Waals surface area (Å²) in [7, 11) is 1.71. The molecule has 0 aliphatic heterocycles. The number of methoxy groups -OCH3 is 1. The van der Waals surface area contributed by atoms with Gasteiger partial charge in [-0.2, -0.15) is 0 Å². The zero-order valence-electron chi connectivity index (χ0n) is 11.5. The highest BCUT2D eigenvalue weighted by Gasteiger charge is 2.14. The van der Waals surface area contributed by atoms with Gasteiger partial charge in [-0.05, 0) is 44.2 Å². The van der Waals surface area contributed by atoms with Crippen molar-refractivity contribution in [1.29, 1.82) is 0 Å². The predicted molar refractivity (Wildman–Crippen MR) is 70.8 cm³/mol. The van der Waals surface area contributed by atoms with Crippen molar-refractivity contribution in [1.82, 2.24) is 0 Å². The Balaban J connectivity index is 2.98. The van der Waals surface area contributed by atoms with Crippen molar-refractivity contribution in [3.8, 4) is 5.75 Å². The first-order valence-corrected chi connectivity index (χ1v) is 6.10. The molecule has 0 fully saturated rings. The van der Waals surface area contributed by atoms with Gasteiger partial charge in [-0.15, -0.1) is 0 Å². The van der Waals surface area contributed by atoms with Crippen LogP contribution >= 0.6 is 0 Å². The van der Waals surface area contributed by atoms with Crippen LogP contribution in [0.25, 0.3) is 0 Å². The van der Waals surface area contributed by atoms with Gasteiger partial charge in [0.05, 0.1) is 7.11 Å². The van der Waals surface area contributed by atoms with E-state index in [0.717, 1.165) is 17.7 Å². The normalized spacial score (nSPS) is 12.3. The molecule has 0 bridgehead atoms. The molecule has 1 aromatic rings. The quantitative estimate of drug-likeness (QED) is 0.775. The predicted octanol–water partition coefficient (Wildman–Crippen LogP) is 3.78. The Morgan fingerprint density at radius 1 is 1.35 bits per heavy atom. The lowest BCUT2D eigenvalue weighted by Gasteiger charge is -2.18. The summed E-state index contributed by atoms with van der Waals surface area (Å²) in [6.07, 6.45) is 1.52. The van der Waals surface area contributed by atoms with E-state index in [2.05, 4.69) is 32.9 Å². The van der Waals surface area contributed by atoms with E-state index in [-0.39, 0.29) is 5.78 Å². The molecule has 17 heavy (non-hydrogen) atoms. The molecule has 0 N–H and O–H groups in total. The van der Waals surface area contributed by atoms with Crippen LogP contribution in [0.2, 0.25) is 0 Å². The van der Waals surface area contributed by atoms with Gasteiger partial charge in [0.25, 0.3) is 0 Å². The van der Waals surface area contributed by atoms with E-state index in [4.69, 9.17) is 4.74 Å². The summed E-state index contributed by atoms with van der Waals surface area (Å²) in [6, 6.07) is 4.29. The minimum Gasteiger partial charge on any atom is -0.496 e. The molecular formula is C15H22O2. The number of benzene rings is 1. The van der Waals surface area contributed by atoms with Gasteiger partial charge in [-0.25, -0.2) is 0 Å². The fourth-order valence-electron chi connectivity index (χ4n) is 2.21. The Hall–Kier alpha value is -1.31. The molecule has 0 heterocycles. The maximum atomic E-state index is 11.0. The molecule has 1 unspecified atom stereocenters. The summed E-state index contributed by atoms with van der Waals surface area (Å²) >= 11 is 0. The zero-order chi connectivity index (χ0) is 13.0. The van der Waals surface area contributed by atoms with Crippen LogP contribution in [-0.4, -0.2) is 12.9 Å². The van der Waals surface area contributed by atoms with E-state index in [0.29, 0.717) is 12.3 Å². The van der Waals surface area contributed by atoms with Crippen molar-refractivity contribution in [3.63, 3.8) is 0 Å². The average Bonchev–Trinajstić information content (AvgIpc) is 2.24. The molecule has 1 atom stereocenters. The molecule has 0 amide bonds. The maximum Gasteiger partial charge on any atom is 0.129 e. The van der Waals surface area contributed by atoms with Crippen LogP contribution in [0.4, 0.5) is 0 Å². The second kappa shape index (κ2) is 5.85. The molecule has 0 saturated carbocycles. The minimum atomic E-state index is 0.250. The van der Waals surface area contributed by atoms with Crippen LogP contribution in [0.15, 0.2) is 12.1 Å². The number of aryl methyl sites for hydroxylation is 2. The van der Waals surface area contributed by atoms with E-state index in [1.807, 2.05) is 0 Å². The summed E-state index contributed by atoms with van der Waals surface area (Å²) in [4.78, 5) is 11.0. The lowest BCUT2D eigenvalue weighted by molar-refractivity contribution is -0.117. The third kappa shape index (κ3) is 3.58. The van der Waals surface area contributed by atoms with Gasteiger partial charge in [0, 0.05) is 6.42 Å². The summed E-state index contributed by atoms with van der Waals surface area (Å²) in [6.45, 7) is 7.95. The maximum absolute atomic E-state index is 11.0. The topological polar surface area (TPSA) is 26.3 Å². The van der Waals surface area contributed by atoms with E-state index in [1.165, 1.54) is 11.1 Å². The Morgan fingerprint density at radius 3 is 2.53 bits per heavy atom. The number of hydrogen-bond donors (Lipinski definition) is 0. The van der Waals surface area contributed by atoms with Crippen LogP contribution in [0.1, 0.15) is 49.3 Å². The number of carbonyl (C=O) groups excluding carboxylic acids is 1. The van der Waals surface area contributed by atoms with Crippen LogP contribution in [0.3, 0.4) is 0 Å². The van der Waals surface area contributed by atoms with Crippen molar-refractivity contribution in [3.05, 3.63) is 28.8 Å². The van der Waals surface area contributed by atoms with E-state index in [1.54, 1.807) is 14.0 Å². The molecule has 1 rings (SSSR count). The fraction of sp³-hybridized carbons (Fsp3) is 0.533. The van der Waals surface area contributed by atoms with Gasteiger partial charge >= 0.3 is 0 Å². The first-order chi connectivity index (χ1) is 7.95. The molecule has 0 aliphatic carbocycles. The van der Waals surface area contributed by atoms with Crippen LogP contribution in [0, 0.1) is 13.8 Å². The molecule has 0 spiro atoms. The van der Waals surface area contributed by atoms with Crippen molar-refractivity contribution in [2.24, 2.45) is 0 Å². The molecule has 2 nitrogen and oxygen atoms in total. The highest BCUT2D eigenvalue weighted by Crippen LogP contribution is 2.33. The van der Waals surface area contributed by atoms with Gasteiger partial charge < -0.3 is 9.53 Å². The van der Waals surface area contributed by atoms with Gasteiger partial charge in [-0.1, -0.05) is 24.6 Å². The van der Waals surface area contributed by atoms with Crippen LogP contribution in [0.5, 0.6) is 5.75 Å². The van der Waals surface area contributed by atoms with Gasteiger partial charge in [-0.3, -0.25) is 0 Å². The molecule has 94 valence electrons. The lowest BCUT2D eigenvalue weighted by atomic mass is 9.91. The second-order valence-electron chi connectivity index (χ2n) is 4.85. The second-order valence-corrected chi connectivity index (χ2v) is 4.85. The average molecular weight is 234 g/mol. The third-order valence-electron chi connectivity index (χ3n) is 3.11. The number of carbonyl (C=O) groups is 1. The van der Waals surface area contributed by atoms with E-state index < -0.39 is 0 Å². The van der Waals surface area contributed by atoms with Crippen molar-refractivity contribution in [2.75, 3.05) is 7.11 Å². The first kappa shape index (κ1) is 13.8. The largest absolute Gasteiger partial charge is 0.496 e. The van der Waals surface area contributed by atoms with Gasteiger partial charge in [0.15, 0.2) is 0 Å². The highest BCUT2D eigenvalue weighted by atomic mass is 16.5. The summed E-state index contributed by atoms with van der Waals surface area (Å²) in [5.41, 5.74) is 3.62. The molecular weight excluding hydrogens is 212 g/mol. The molecule has 2 heteroatoms. The molecule has 1 aromatic carbocycles. The van der Waals surface area contributed by atoms with Crippen LogP contribution in [-0.2, 0) is 4.79 Å². The van der Waals surface area contributed by atoms with Gasteiger partial charge in [0.1, 0.15) is 11.5 Å². The summed E-state index contributed by atoms with van der Waals surface area (Å²) < 4.78 is 5.47. The third-order valence-corrected chi connectivity index (χ3v) is 3.11. The van der Waals surface area contributed by atoms with Crippen molar-refractivity contribution in [2.45, 2.75) is 46.5 Å². The van der Waals surface area contributed by atoms with Crippen molar-refractivity contribution < 1.29 is 9.53 Å². The fourth-order valence-corrected chi connectivity index (χ4v) is 2.21. The molecule has 0 saturated heterocycles. The standard InChI is InChI=1S/C15H22O2/c1-10-8-12(3)15(17-5)14(9-10)11(2)6-7-13(4)16/h8-9,11H,6-7H2,1-5H3. The lowest BCUT2D eigenvalue weighted by Crippen LogP contribution is -2.02. The highest BCUT2D eigenvalue weighted by molar-refractivity contribution is 5.75. The number of hydrogen-bond acceptors (Lipinski definition) is 2. The Morgan fingerprint density at radius 2 is 2.00 bits per heavy atom. The minimum absolute atomic E-state index is 0.250. The summed E-state index contributed by atoms with van der Waals surface area (Å²) in [5, 5.41) is 0. The number of ketones is 1. The molecule has 0 radical (unpaired) electrons. The Kier molecular flexibility index (Phi) is 4.73. The van der Waals surface area contributed by atoms with Gasteiger partial charge in [0.2, 0.25) is 0 Å². The zero-order valence-corrected chi connectivity index (χ0v) is 11.5. The van der Waals surface area contributed by atoms with E-state index >= 15 is 0 Å². The number of ether oxygens (including phenoxy) is 1. The monoisotopic (exact) mass is 234 g/mol. The Bertz CT molecular complexity index is 408.